The van der Waals surface area contributed by atoms with E-state index in [1.807, 2.05) is 36.5 Å². The summed E-state index contributed by atoms with van der Waals surface area (Å²) >= 11 is 0. The van der Waals surface area contributed by atoms with E-state index >= 15 is 0 Å². The summed E-state index contributed by atoms with van der Waals surface area (Å²) in [6.07, 6.45) is 3.61. The van der Waals surface area contributed by atoms with Crippen molar-refractivity contribution in [1.29, 1.82) is 0 Å². The Labute approximate surface area is 109 Å². The SMILES string of the molecule is CC(=O)Nc1cccc(-c2ncc3cc[nH]c3n2)c1. The van der Waals surface area contributed by atoms with Crippen LogP contribution in [0.15, 0.2) is 42.7 Å². The predicted molar refractivity (Wildman–Crippen MR) is 73.6 cm³/mol. The number of carbonyl (C=O) groups excluding carboxylic acids is 1. The molecule has 0 radical (unpaired) electrons. The minimum atomic E-state index is -0.0992. The highest BCUT2D eigenvalue weighted by molar-refractivity contribution is 5.89. The quantitative estimate of drug-likeness (QED) is 0.736. The fraction of sp³-hybridized carbons (Fsp3) is 0.0714. The van der Waals surface area contributed by atoms with Gasteiger partial charge in [-0.1, -0.05) is 12.1 Å². The van der Waals surface area contributed by atoms with E-state index in [-0.39, 0.29) is 5.91 Å². The van der Waals surface area contributed by atoms with Crippen molar-refractivity contribution in [1.82, 2.24) is 15.0 Å². The smallest absolute Gasteiger partial charge is 0.221 e. The molecule has 0 saturated heterocycles. The van der Waals surface area contributed by atoms with Crippen LogP contribution in [-0.2, 0) is 4.79 Å². The molecule has 94 valence electrons. The van der Waals surface area contributed by atoms with E-state index in [0.29, 0.717) is 5.82 Å². The molecule has 1 aromatic carbocycles. The second kappa shape index (κ2) is 4.53. The summed E-state index contributed by atoms with van der Waals surface area (Å²) in [4.78, 5) is 22.9. The molecule has 0 spiro atoms. The monoisotopic (exact) mass is 252 g/mol. The van der Waals surface area contributed by atoms with E-state index < -0.39 is 0 Å². The third kappa shape index (κ3) is 2.30. The molecule has 0 fully saturated rings. The molecule has 3 rings (SSSR count). The zero-order valence-electron chi connectivity index (χ0n) is 10.3. The summed E-state index contributed by atoms with van der Waals surface area (Å²) < 4.78 is 0. The number of aromatic nitrogens is 3. The van der Waals surface area contributed by atoms with Crippen molar-refractivity contribution < 1.29 is 4.79 Å². The van der Waals surface area contributed by atoms with Crippen molar-refractivity contribution in [2.24, 2.45) is 0 Å². The van der Waals surface area contributed by atoms with Gasteiger partial charge < -0.3 is 10.3 Å². The molecule has 3 aromatic rings. The number of nitrogens with zero attached hydrogens (tertiary/aromatic N) is 2. The van der Waals surface area contributed by atoms with Gasteiger partial charge in [0, 0.05) is 36.0 Å². The molecule has 0 bridgehead atoms. The van der Waals surface area contributed by atoms with E-state index in [4.69, 9.17) is 0 Å². The third-order valence-electron chi connectivity index (χ3n) is 2.74. The maximum absolute atomic E-state index is 11.1. The average Bonchev–Trinajstić information content (AvgIpc) is 2.85. The number of rotatable bonds is 2. The van der Waals surface area contributed by atoms with Gasteiger partial charge in [-0.05, 0) is 18.2 Å². The maximum atomic E-state index is 11.1. The number of aromatic amines is 1. The molecule has 0 aliphatic rings. The minimum Gasteiger partial charge on any atom is -0.346 e. The molecule has 5 nitrogen and oxygen atoms in total. The lowest BCUT2D eigenvalue weighted by molar-refractivity contribution is -0.114. The Morgan fingerprint density at radius 1 is 1.32 bits per heavy atom. The molecular formula is C14H12N4O. The molecule has 0 aliphatic carbocycles. The molecular weight excluding hydrogens is 240 g/mol. The van der Waals surface area contributed by atoms with Crippen LogP contribution in [0.25, 0.3) is 22.4 Å². The summed E-state index contributed by atoms with van der Waals surface area (Å²) in [5.74, 6) is 0.528. The molecule has 2 heterocycles. The highest BCUT2D eigenvalue weighted by Crippen LogP contribution is 2.20. The zero-order valence-corrected chi connectivity index (χ0v) is 10.3. The van der Waals surface area contributed by atoms with Crippen LogP contribution in [0, 0.1) is 0 Å². The van der Waals surface area contributed by atoms with Crippen LogP contribution >= 0.6 is 0 Å². The predicted octanol–water partition coefficient (Wildman–Crippen LogP) is 2.58. The van der Waals surface area contributed by atoms with Crippen LogP contribution in [-0.4, -0.2) is 20.9 Å². The Morgan fingerprint density at radius 2 is 2.21 bits per heavy atom. The van der Waals surface area contributed by atoms with Gasteiger partial charge in [-0.2, -0.15) is 0 Å². The van der Waals surface area contributed by atoms with Gasteiger partial charge in [0.15, 0.2) is 5.82 Å². The van der Waals surface area contributed by atoms with Gasteiger partial charge in [-0.25, -0.2) is 9.97 Å². The van der Waals surface area contributed by atoms with Gasteiger partial charge in [-0.3, -0.25) is 4.79 Å². The molecule has 0 unspecified atom stereocenters. The Balaban J connectivity index is 2.02. The first kappa shape index (κ1) is 11.4. The molecule has 0 saturated carbocycles. The van der Waals surface area contributed by atoms with Crippen LogP contribution < -0.4 is 5.32 Å². The Morgan fingerprint density at radius 3 is 3.05 bits per heavy atom. The van der Waals surface area contributed by atoms with E-state index in [1.54, 1.807) is 6.20 Å². The molecule has 1 amide bonds. The Bertz CT molecular complexity index is 748. The Hall–Kier alpha value is -2.69. The van der Waals surface area contributed by atoms with Gasteiger partial charge in [0.25, 0.3) is 0 Å². The fourth-order valence-corrected chi connectivity index (χ4v) is 1.92. The normalized spacial score (nSPS) is 10.6. The minimum absolute atomic E-state index is 0.0992. The van der Waals surface area contributed by atoms with Crippen LogP contribution in [0.4, 0.5) is 5.69 Å². The first-order chi connectivity index (χ1) is 9.22. The lowest BCUT2D eigenvalue weighted by atomic mass is 10.2. The van der Waals surface area contributed by atoms with Gasteiger partial charge in [0.1, 0.15) is 5.65 Å². The molecule has 19 heavy (non-hydrogen) atoms. The maximum Gasteiger partial charge on any atom is 0.221 e. The van der Waals surface area contributed by atoms with E-state index in [2.05, 4.69) is 20.3 Å². The number of nitrogens with one attached hydrogen (secondary N) is 2. The number of benzene rings is 1. The number of hydrogen-bond acceptors (Lipinski definition) is 3. The van der Waals surface area contributed by atoms with Crippen LogP contribution in [0.1, 0.15) is 6.92 Å². The number of carbonyl (C=O) groups is 1. The van der Waals surface area contributed by atoms with Crippen molar-refractivity contribution in [2.45, 2.75) is 6.92 Å². The van der Waals surface area contributed by atoms with Crippen LogP contribution in [0.5, 0.6) is 0 Å². The second-order valence-corrected chi connectivity index (χ2v) is 4.24. The molecule has 2 aromatic heterocycles. The van der Waals surface area contributed by atoms with Crippen molar-refractivity contribution in [3.05, 3.63) is 42.7 Å². The fourth-order valence-electron chi connectivity index (χ4n) is 1.92. The van der Waals surface area contributed by atoms with Crippen molar-refractivity contribution in [2.75, 3.05) is 5.32 Å². The van der Waals surface area contributed by atoms with Gasteiger partial charge >= 0.3 is 0 Å². The largest absolute Gasteiger partial charge is 0.346 e. The van der Waals surface area contributed by atoms with Crippen molar-refractivity contribution in [3.63, 3.8) is 0 Å². The summed E-state index contributed by atoms with van der Waals surface area (Å²) in [7, 11) is 0. The van der Waals surface area contributed by atoms with E-state index in [9.17, 15) is 4.79 Å². The molecule has 5 heteroatoms. The first-order valence-electron chi connectivity index (χ1n) is 5.90. The van der Waals surface area contributed by atoms with Crippen molar-refractivity contribution in [3.8, 4) is 11.4 Å². The number of fused-ring (bicyclic) bond motifs is 1. The third-order valence-corrected chi connectivity index (χ3v) is 2.74. The number of anilines is 1. The first-order valence-corrected chi connectivity index (χ1v) is 5.90. The lowest BCUT2D eigenvalue weighted by Gasteiger charge is -2.04. The lowest BCUT2D eigenvalue weighted by Crippen LogP contribution is -2.05. The highest BCUT2D eigenvalue weighted by Gasteiger charge is 2.05. The number of amides is 1. The van der Waals surface area contributed by atoms with E-state index in [0.717, 1.165) is 22.3 Å². The van der Waals surface area contributed by atoms with Gasteiger partial charge in [-0.15, -0.1) is 0 Å². The zero-order chi connectivity index (χ0) is 13.2. The topological polar surface area (TPSA) is 70.7 Å². The summed E-state index contributed by atoms with van der Waals surface area (Å²) in [5, 5.41) is 3.72. The van der Waals surface area contributed by atoms with Crippen LogP contribution in [0.3, 0.4) is 0 Å². The Kier molecular flexibility index (Phi) is 2.72. The number of H-pyrrole nitrogens is 1. The highest BCUT2D eigenvalue weighted by atomic mass is 16.1. The summed E-state index contributed by atoms with van der Waals surface area (Å²) in [5.41, 5.74) is 2.40. The number of hydrogen-bond donors (Lipinski definition) is 2. The molecule has 0 aliphatic heterocycles. The summed E-state index contributed by atoms with van der Waals surface area (Å²) in [6.45, 7) is 1.48. The van der Waals surface area contributed by atoms with E-state index in [1.165, 1.54) is 6.92 Å². The standard InChI is InChI=1S/C14H12N4O/c1-9(19)17-12-4-2-3-10(7-12)13-16-8-11-5-6-15-14(11)18-13/h2-8H,1H3,(H,17,19)(H,15,16,18). The summed E-state index contributed by atoms with van der Waals surface area (Å²) in [6, 6.07) is 9.38. The van der Waals surface area contributed by atoms with Gasteiger partial charge in [0.05, 0.1) is 0 Å². The molecule has 0 atom stereocenters. The second-order valence-electron chi connectivity index (χ2n) is 4.24. The average molecular weight is 252 g/mol. The van der Waals surface area contributed by atoms with Crippen LogP contribution in [0.2, 0.25) is 0 Å². The van der Waals surface area contributed by atoms with Crippen molar-refractivity contribution >= 4 is 22.6 Å². The molecule has 2 N–H and O–H groups in total. The van der Waals surface area contributed by atoms with Gasteiger partial charge in [0.2, 0.25) is 5.91 Å².